The summed E-state index contributed by atoms with van der Waals surface area (Å²) >= 11 is 0. The van der Waals surface area contributed by atoms with Crippen LogP contribution in [-0.2, 0) is 13.0 Å². The zero-order chi connectivity index (χ0) is 20.3. The quantitative estimate of drug-likeness (QED) is 0.745. The number of carbonyl (C=O) groups is 1. The number of aryl methyl sites for hydroxylation is 1. The molecule has 28 heavy (non-hydrogen) atoms. The highest BCUT2D eigenvalue weighted by molar-refractivity contribution is 5.97. The summed E-state index contributed by atoms with van der Waals surface area (Å²) in [6.07, 6.45) is 1.37. The molecule has 0 spiro atoms. The van der Waals surface area contributed by atoms with E-state index in [4.69, 9.17) is 0 Å². The van der Waals surface area contributed by atoms with Crippen molar-refractivity contribution < 1.29 is 18.0 Å². The van der Waals surface area contributed by atoms with Gasteiger partial charge in [-0.05, 0) is 31.0 Å². The predicted octanol–water partition coefficient (Wildman–Crippen LogP) is 3.70. The lowest BCUT2D eigenvalue weighted by Gasteiger charge is -2.23. The molecule has 2 aromatic rings. The number of fused-ring (bicyclic) bond motifs is 2. The summed E-state index contributed by atoms with van der Waals surface area (Å²) in [5.74, 6) is -0.104. The molecular weight excluding hydrogens is 371 g/mol. The van der Waals surface area contributed by atoms with Crippen LogP contribution in [0.4, 0.5) is 13.2 Å². The van der Waals surface area contributed by atoms with E-state index in [-0.39, 0.29) is 17.7 Å². The standard InChI is InChI=1S/C20H22F3N3O2/c1-2-10-25(13-20(21,22)23)18(27)14-8-9-15-16(12-14)24-17-7-5-3-4-6-11-26(17)19(15)28/h2,8-9,12H,1,3-7,10-11,13H2. The number of hydrogen-bond acceptors (Lipinski definition) is 3. The molecule has 150 valence electrons. The van der Waals surface area contributed by atoms with Gasteiger partial charge in [0, 0.05) is 25.1 Å². The first-order chi connectivity index (χ1) is 13.3. The molecule has 0 fully saturated rings. The summed E-state index contributed by atoms with van der Waals surface area (Å²) in [6.45, 7) is 2.43. The molecule has 0 radical (unpaired) electrons. The number of aromatic nitrogens is 2. The van der Waals surface area contributed by atoms with E-state index in [1.165, 1.54) is 24.3 Å². The van der Waals surface area contributed by atoms with E-state index in [1.807, 2.05) is 0 Å². The van der Waals surface area contributed by atoms with Gasteiger partial charge in [-0.25, -0.2) is 4.98 Å². The highest BCUT2D eigenvalue weighted by Gasteiger charge is 2.33. The van der Waals surface area contributed by atoms with Gasteiger partial charge in [0.1, 0.15) is 12.4 Å². The first-order valence-electron chi connectivity index (χ1n) is 9.30. The molecule has 2 heterocycles. The number of nitrogens with zero attached hydrogens (tertiary/aromatic N) is 3. The third-order valence-electron chi connectivity index (χ3n) is 4.82. The largest absolute Gasteiger partial charge is 0.406 e. The van der Waals surface area contributed by atoms with Gasteiger partial charge >= 0.3 is 6.18 Å². The minimum Gasteiger partial charge on any atom is -0.326 e. The molecule has 1 aromatic heterocycles. The highest BCUT2D eigenvalue weighted by atomic mass is 19.4. The summed E-state index contributed by atoms with van der Waals surface area (Å²) in [7, 11) is 0. The van der Waals surface area contributed by atoms with Crippen molar-refractivity contribution in [3.8, 4) is 0 Å². The Balaban J connectivity index is 2.01. The zero-order valence-corrected chi connectivity index (χ0v) is 15.5. The Kier molecular flexibility index (Phi) is 5.86. The van der Waals surface area contributed by atoms with Crippen molar-refractivity contribution in [3.05, 3.63) is 52.6 Å². The maximum Gasteiger partial charge on any atom is 0.406 e. The first-order valence-corrected chi connectivity index (χ1v) is 9.30. The van der Waals surface area contributed by atoms with Crippen LogP contribution in [-0.4, -0.2) is 39.6 Å². The minimum atomic E-state index is -4.51. The Morgan fingerprint density at radius 1 is 1.25 bits per heavy atom. The number of alkyl halides is 3. The van der Waals surface area contributed by atoms with Crippen LogP contribution in [0.5, 0.6) is 0 Å². The Morgan fingerprint density at radius 2 is 2.00 bits per heavy atom. The van der Waals surface area contributed by atoms with Crippen LogP contribution in [0.25, 0.3) is 10.9 Å². The molecule has 0 bridgehead atoms. The van der Waals surface area contributed by atoms with E-state index in [0.717, 1.165) is 25.7 Å². The molecule has 0 saturated heterocycles. The predicted molar refractivity (Wildman–Crippen MR) is 100 cm³/mol. The molecule has 1 aromatic carbocycles. The lowest BCUT2D eigenvalue weighted by Crippen LogP contribution is -2.39. The topological polar surface area (TPSA) is 55.2 Å². The molecule has 0 N–H and O–H groups in total. The summed E-state index contributed by atoms with van der Waals surface area (Å²) < 4.78 is 40.0. The average Bonchev–Trinajstić information content (AvgIpc) is 2.61. The molecule has 1 amide bonds. The van der Waals surface area contributed by atoms with Crippen molar-refractivity contribution in [2.24, 2.45) is 0 Å². The van der Waals surface area contributed by atoms with Crippen molar-refractivity contribution in [2.45, 2.75) is 44.8 Å². The van der Waals surface area contributed by atoms with E-state index in [1.54, 1.807) is 4.57 Å². The van der Waals surface area contributed by atoms with E-state index in [0.29, 0.717) is 34.6 Å². The van der Waals surface area contributed by atoms with E-state index >= 15 is 0 Å². The fraction of sp³-hybridized carbons (Fsp3) is 0.450. The van der Waals surface area contributed by atoms with Crippen LogP contribution < -0.4 is 5.56 Å². The van der Waals surface area contributed by atoms with Gasteiger partial charge in [0.25, 0.3) is 11.5 Å². The maximum atomic E-state index is 12.8. The van der Waals surface area contributed by atoms with Gasteiger partial charge < -0.3 is 4.90 Å². The van der Waals surface area contributed by atoms with Crippen LogP contribution in [0.1, 0.15) is 41.9 Å². The molecule has 3 rings (SSSR count). The Hall–Kier alpha value is -2.64. The second-order valence-corrected chi connectivity index (χ2v) is 6.97. The third-order valence-corrected chi connectivity index (χ3v) is 4.82. The number of rotatable bonds is 4. The molecule has 0 saturated carbocycles. The fourth-order valence-electron chi connectivity index (χ4n) is 3.50. The Labute approximate surface area is 160 Å². The summed E-state index contributed by atoms with van der Waals surface area (Å²) in [5, 5.41) is 0.368. The minimum absolute atomic E-state index is 0.0706. The molecule has 0 unspecified atom stereocenters. The molecule has 5 nitrogen and oxygen atoms in total. The molecule has 1 aliphatic heterocycles. The van der Waals surface area contributed by atoms with Crippen molar-refractivity contribution in [2.75, 3.05) is 13.1 Å². The van der Waals surface area contributed by atoms with Crippen molar-refractivity contribution in [1.29, 1.82) is 0 Å². The van der Waals surface area contributed by atoms with Gasteiger partial charge in [-0.1, -0.05) is 18.9 Å². The summed E-state index contributed by atoms with van der Waals surface area (Å²) in [5.41, 5.74) is 0.244. The average molecular weight is 393 g/mol. The molecule has 0 atom stereocenters. The monoisotopic (exact) mass is 393 g/mol. The molecule has 0 aliphatic carbocycles. The van der Waals surface area contributed by atoms with Crippen LogP contribution in [0.3, 0.4) is 0 Å². The molecular formula is C20H22F3N3O2. The Morgan fingerprint density at radius 3 is 2.71 bits per heavy atom. The van der Waals surface area contributed by atoms with Gasteiger partial charge in [0.15, 0.2) is 0 Å². The van der Waals surface area contributed by atoms with Crippen molar-refractivity contribution in [3.63, 3.8) is 0 Å². The zero-order valence-electron chi connectivity index (χ0n) is 15.5. The SMILES string of the molecule is C=CCN(CC(F)(F)F)C(=O)c1ccc2c(=O)n3c(nc2c1)CCCCCC3. The number of benzene rings is 1. The van der Waals surface area contributed by atoms with E-state index in [2.05, 4.69) is 11.6 Å². The van der Waals surface area contributed by atoms with E-state index in [9.17, 15) is 22.8 Å². The van der Waals surface area contributed by atoms with Gasteiger partial charge in [-0.3, -0.25) is 14.2 Å². The van der Waals surface area contributed by atoms with Crippen molar-refractivity contribution >= 4 is 16.8 Å². The lowest BCUT2D eigenvalue weighted by molar-refractivity contribution is -0.139. The van der Waals surface area contributed by atoms with Crippen molar-refractivity contribution in [1.82, 2.24) is 14.5 Å². The molecule has 8 heteroatoms. The van der Waals surface area contributed by atoms with Crippen LogP contribution >= 0.6 is 0 Å². The first kappa shape index (κ1) is 20.1. The number of amides is 1. The van der Waals surface area contributed by atoms with Crippen LogP contribution in [0, 0.1) is 0 Å². The fourth-order valence-corrected chi connectivity index (χ4v) is 3.50. The third kappa shape index (κ3) is 4.43. The number of carbonyl (C=O) groups excluding carboxylic acids is 1. The summed E-state index contributed by atoms with van der Waals surface area (Å²) in [4.78, 5) is 30.6. The maximum absolute atomic E-state index is 12.8. The highest BCUT2D eigenvalue weighted by Crippen LogP contribution is 2.20. The van der Waals surface area contributed by atoms with Crippen LogP contribution in [0.15, 0.2) is 35.6 Å². The van der Waals surface area contributed by atoms with Gasteiger partial charge in [0.2, 0.25) is 0 Å². The second kappa shape index (κ2) is 8.16. The molecule has 1 aliphatic rings. The van der Waals surface area contributed by atoms with E-state index < -0.39 is 18.6 Å². The normalized spacial score (nSPS) is 14.8. The second-order valence-electron chi connectivity index (χ2n) is 6.97. The lowest BCUT2D eigenvalue weighted by atomic mass is 10.1. The number of hydrogen-bond donors (Lipinski definition) is 0. The smallest absolute Gasteiger partial charge is 0.326 e. The van der Waals surface area contributed by atoms with Gasteiger partial charge in [0.05, 0.1) is 10.9 Å². The van der Waals surface area contributed by atoms with Gasteiger partial charge in [-0.15, -0.1) is 6.58 Å². The van der Waals surface area contributed by atoms with Gasteiger partial charge in [-0.2, -0.15) is 13.2 Å². The summed E-state index contributed by atoms with van der Waals surface area (Å²) in [6, 6.07) is 4.27. The number of halogens is 3. The van der Waals surface area contributed by atoms with Crippen LogP contribution in [0.2, 0.25) is 0 Å². The Bertz CT molecular complexity index is 950.